The highest BCUT2D eigenvalue weighted by Crippen LogP contribution is 2.46. The molecule has 0 saturated heterocycles. The van der Waals surface area contributed by atoms with Crippen molar-refractivity contribution in [2.75, 3.05) is 0 Å². The Morgan fingerprint density at radius 1 is 0.156 bits per heavy atom. The van der Waals surface area contributed by atoms with E-state index in [4.69, 9.17) is 24.4 Å². The second-order valence-corrected chi connectivity index (χ2v) is 35.2. The van der Waals surface area contributed by atoms with E-state index in [1.807, 2.05) is 12.1 Å². The predicted octanol–water partition coefficient (Wildman–Crippen LogP) is 33.2. The van der Waals surface area contributed by atoms with Crippen LogP contribution in [0.5, 0.6) is 0 Å². The highest BCUT2D eigenvalue weighted by Gasteiger charge is 2.25. The van der Waals surface area contributed by atoms with Gasteiger partial charge in [-0.3, -0.25) is 9.13 Å². The number of benzene rings is 21. The molecule has 0 aliphatic heterocycles. The summed E-state index contributed by atoms with van der Waals surface area (Å²) in [6.45, 7) is 0. The number of hydrogen-bond acceptors (Lipinski definition) is 5. The monoisotopic (exact) mass is 1720 g/mol. The quantitative estimate of drug-likeness (QED) is 0.122. The van der Waals surface area contributed by atoms with E-state index in [0.717, 1.165) is 161 Å². The van der Waals surface area contributed by atoms with Gasteiger partial charge in [0.05, 0.1) is 72.6 Å². The van der Waals surface area contributed by atoms with Crippen LogP contribution >= 0.6 is 0 Å². The van der Waals surface area contributed by atoms with Crippen molar-refractivity contribution in [3.63, 3.8) is 0 Å². The third-order valence-corrected chi connectivity index (χ3v) is 27.4. The Kier molecular flexibility index (Phi) is 17.8. The fraction of sp³-hybridized carbons (Fsp3) is 0. The molecule has 0 aliphatic rings. The van der Waals surface area contributed by atoms with Crippen molar-refractivity contribution >= 4 is 152 Å². The van der Waals surface area contributed by atoms with Crippen molar-refractivity contribution in [1.29, 1.82) is 0 Å². The Morgan fingerprint density at radius 3 is 0.830 bits per heavy atom. The molecule has 0 spiro atoms. The minimum Gasteiger partial charge on any atom is -0.454 e. The summed E-state index contributed by atoms with van der Waals surface area (Å²) in [5.74, 6) is 1.26. The van der Waals surface area contributed by atoms with Gasteiger partial charge in [0, 0.05) is 81.8 Å². The number of fused-ring (bicyclic) bond motifs is 19. The molecule has 0 saturated carbocycles. The van der Waals surface area contributed by atoms with Crippen molar-refractivity contribution < 1.29 is 4.42 Å². The Morgan fingerprint density at radius 2 is 0.444 bits per heavy atom. The van der Waals surface area contributed by atoms with Crippen molar-refractivity contribution in [3.8, 4) is 113 Å². The van der Waals surface area contributed by atoms with Gasteiger partial charge in [-0.15, -0.1) is 0 Å². The smallest absolute Gasteiger partial charge is 0.235 e. The molecule has 9 heteroatoms. The largest absolute Gasteiger partial charge is 0.454 e. The average Bonchev–Trinajstić information content (AvgIpc) is 1.59. The van der Waals surface area contributed by atoms with E-state index < -0.39 is 0 Å². The summed E-state index contributed by atoms with van der Waals surface area (Å²) in [4.78, 5) is 21.6. The summed E-state index contributed by atoms with van der Waals surface area (Å²) in [5.41, 5.74) is 29.8. The second kappa shape index (κ2) is 31.3. The van der Waals surface area contributed by atoms with E-state index in [1.165, 1.54) is 92.4 Å². The highest BCUT2D eigenvalue weighted by molar-refractivity contribution is 6.17. The van der Waals surface area contributed by atoms with Crippen LogP contribution in [0.2, 0.25) is 0 Å². The molecule has 9 nitrogen and oxygen atoms in total. The van der Waals surface area contributed by atoms with E-state index in [1.54, 1.807) is 0 Å². The normalized spacial score (nSPS) is 11.9. The summed E-state index contributed by atoms with van der Waals surface area (Å²) < 4.78 is 15.8. The number of aromatic nitrogens is 8. The lowest BCUT2D eigenvalue weighted by Gasteiger charge is -2.14. The molecule has 0 bridgehead atoms. The zero-order valence-electron chi connectivity index (χ0n) is 73.0. The van der Waals surface area contributed by atoms with Gasteiger partial charge in [-0.05, 0) is 227 Å². The number of hydrogen-bond donors (Lipinski definition) is 0. The molecule has 0 fully saturated rings. The van der Waals surface area contributed by atoms with E-state index >= 15 is 0 Å². The van der Waals surface area contributed by atoms with Crippen molar-refractivity contribution in [2.45, 2.75) is 0 Å². The SMILES string of the molecule is c1ccc(-c2cc(-c3ccccc3)cc(-n3c4ccccc4c4cc(-c5ccc6c(c5)c5ccccc5n6-c5nc(-c6ccc7ccccc7c6)cc(-c6ccc7ccccc7c6)n5)ccc43)c2)cc1.c1ccc2cc(-c3cc(-c4ccc5ccccc5c4)nc(-n4c5ccccc5c5cc(-c6ccc7c(c6)c6ccccc6n7-c6cccc7c6oc6ccccc67)ccc54)n3)ccc2c1. The molecule has 7 heterocycles. The number of para-hydroxylation sites is 6. The van der Waals surface area contributed by atoms with Gasteiger partial charge in [0.1, 0.15) is 5.58 Å². The minimum absolute atomic E-state index is 0.631. The lowest BCUT2D eigenvalue weighted by Crippen LogP contribution is -2.04. The standard InChI is InChI=1S/C66H42N4.C60H36N4O/c1-3-15-43(16-4-1)53-37-54(44-17-5-2-6-18-44)39-55(38-53)69-62-25-13-11-23-56(62)58-40-49(31-33-64(58)69)50-32-34-65-59(41-50)57-24-12-14-26-63(57)70(65)66-67-60(51-29-27-45-19-7-9-21-47(45)35-51)42-61(68-66)52-30-28-46-20-8-10-22-48(46)36-52;1-3-14-39-32-43(26-24-37(39)12-1)51-36-52(44-27-25-38-13-2-4-15-40(38)33-44)62-60(61-51)64-54-21-9-6-17-46(54)50-35-42(29-31-56(50)64)41-28-30-55-49(34-41)45-16-5-8-20-53(45)63(55)57-22-11-19-48-47-18-7-10-23-58(47)65-59(48)57/h1-42H;1-36H. The van der Waals surface area contributed by atoms with Crippen LogP contribution in [-0.4, -0.2) is 38.2 Å². The van der Waals surface area contributed by atoms with Gasteiger partial charge in [0.15, 0.2) is 5.58 Å². The highest BCUT2D eigenvalue weighted by atomic mass is 16.3. The maximum atomic E-state index is 6.57. The van der Waals surface area contributed by atoms with Gasteiger partial charge < -0.3 is 13.6 Å². The first-order valence-electron chi connectivity index (χ1n) is 45.9. The molecule has 0 atom stereocenters. The maximum Gasteiger partial charge on any atom is 0.235 e. The first kappa shape index (κ1) is 76.8. The molecule has 21 aromatic carbocycles. The summed E-state index contributed by atoms with van der Waals surface area (Å²) in [6, 6.07) is 170. The molecule has 135 heavy (non-hydrogen) atoms. The van der Waals surface area contributed by atoms with Gasteiger partial charge in [0.25, 0.3) is 0 Å². The van der Waals surface area contributed by atoms with Gasteiger partial charge in [0.2, 0.25) is 11.9 Å². The first-order chi connectivity index (χ1) is 66.9. The summed E-state index contributed by atoms with van der Waals surface area (Å²) in [5, 5.41) is 21.1. The molecule has 0 N–H and O–H groups in total. The lowest BCUT2D eigenvalue weighted by molar-refractivity contribution is 0.666. The summed E-state index contributed by atoms with van der Waals surface area (Å²) in [7, 11) is 0. The predicted molar refractivity (Wildman–Crippen MR) is 562 cm³/mol. The molecule has 7 aromatic heterocycles. The first-order valence-corrected chi connectivity index (χ1v) is 45.9. The Hall–Kier alpha value is -18.2. The molecule has 28 aromatic rings. The van der Waals surface area contributed by atoms with E-state index in [-0.39, 0.29) is 0 Å². The fourth-order valence-electron chi connectivity index (χ4n) is 20.9. The van der Waals surface area contributed by atoms with Crippen LogP contribution in [0.15, 0.2) is 478 Å². The Bertz CT molecular complexity index is 9480. The lowest BCUT2D eigenvalue weighted by atomic mass is 9.98. The van der Waals surface area contributed by atoms with E-state index in [2.05, 4.69) is 479 Å². The van der Waals surface area contributed by atoms with Crippen LogP contribution < -0.4 is 0 Å². The van der Waals surface area contributed by atoms with Crippen molar-refractivity contribution in [3.05, 3.63) is 473 Å². The molecule has 628 valence electrons. The number of nitrogens with zero attached hydrogens (tertiary/aromatic N) is 8. The van der Waals surface area contributed by atoms with Crippen LogP contribution in [0.25, 0.3) is 265 Å². The van der Waals surface area contributed by atoms with Crippen molar-refractivity contribution in [2.24, 2.45) is 0 Å². The minimum atomic E-state index is 0.631. The second-order valence-electron chi connectivity index (χ2n) is 35.2. The molecule has 0 aliphatic carbocycles. The van der Waals surface area contributed by atoms with Gasteiger partial charge >= 0.3 is 0 Å². The van der Waals surface area contributed by atoms with E-state index in [0.29, 0.717) is 11.9 Å². The van der Waals surface area contributed by atoms with Crippen LogP contribution in [0.4, 0.5) is 0 Å². The Balaban J connectivity index is 0.000000137. The topological polar surface area (TPSA) is 84.4 Å². The number of furan rings is 1. The molecule has 0 radical (unpaired) electrons. The molecule has 0 unspecified atom stereocenters. The van der Waals surface area contributed by atoms with Crippen LogP contribution in [-0.2, 0) is 0 Å². The van der Waals surface area contributed by atoms with E-state index in [9.17, 15) is 0 Å². The van der Waals surface area contributed by atoms with Gasteiger partial charge in [-0.1, -0.05) is 334 Å². The van der Waals surface area contributed by atoms with Gasteiger partial charge in [-0.2, -0.15) is 0 Å². The average molecular weight is 1720 g/mol. The number of rotatable bonds is 12. The van der Waals surface area contributed by atoms with Gasteiger partial charge in [-0.25, -0.2) is 19.9 Å². The summed E-state index contributed by atoms with van der Waals surface area (Å²) in [6.07, 6.45) is 0. The Labute approximate surface area is 775 Å². The summed E-state index contributed by atoms with van der Waals surface area (Å²) >= 11 is 0. The molecule has 0 amide bonds. The van der Waals surface area contributed by atoms with Crippen LogP contribution in [0.1, 0.15) is 0 Å². The fourth-order valence-corrected chi connectivity index (χ4v) is 20.9. The molecular formula is C126H78N8O. The van der Waals surface area contributed by atoms with Crippen molar-refractivity contribution in [1.82, 2.24) is 38.2 Å². The zero-order chi connectivity index (χ0) is 88.7. The van der Waals surface area contributed by atoms with Crippen LogP contribution in [0, 0.1) is 0 Å². The van der Waals surface area contributed by atoms with Crippen LogP contribution in [0.3, 0.4) is 0 Å². The zero-order valence-corrected chi connectivity index (χ0v) is 73.0. The third-order valence-electron chi connectivity index (χ3n) is 27.4. The molecule has 28 rings (SSSR count). The maximum absolute atomic E-state index is 6.57. The molecular weight excluding hydrogens is 1640 g/mol. The third kappa shape index (κ3) is 13.1.